The Morgan fingerprint density at radius 2 is 2.00 bits per heavy atom. The molecule has 0 aliphatic carbocycles. The molecule has 76 valence electrons. The fraction of sp³-hybridized carbons (Fsp3) is 0. The second kappa shape index (κ2) is 4.15. The van der Waals surface area contributed by atoms with Crippen LogP contribution in [0.25, 0.3) is 6.08 Å². The number of rotatable bonds is 2. The third-order valence-corrected chi connectivity index (χ3v) is 1.66. The van der Waals surface area contributed by atoms with Gasteiger partial charge in [-0.1, -0.05) is 6.07 Å². The van der Waals surface area contributed by atoms with Gasteiger partial charge in [0, 0.05) is 0 Å². The molecule has 0 aliphatic heterocycles. The Kier molecular flexibility index (Phi) is 2.94. The summed E-state index contributed by atoms with van der Waals surface area (Å²) >= 11 is 0. The third-order valence-electron chi connectivity index (χ3n) is 1.66. The van der Waals surface area contributed by atoms with E-state index in [4.69, 9.17) is 20.6 Å². The van der Waals surface area contributed by atoms with Crippen LogP contribution in [0.3, 0.4) is 0 Å². The lowest BCUT2D eigenvalue weighted by atomic mass is 10.1. The number of hydrogen-bond donors (Lipinski definition) is 3. The van der Waals surface area contributed by atoms with Crippen molar-refractivity contribution in [2.75, 3.05) is 0 Å². The van der Waals surface area contributed by atoms with Crippen LogP contribution in [-0.2, 0) is 4.79 Å². The van der Waals surface area contributed by atoms with E-state index in [0.717, 1.165) is 12.1 Å². The zero-order chi connectivity index (χ0) is 11.4. The molecule has 0 fully saturated rings. The van der Waals surface area contributed by atoms with E-state index < -0.39 is 11.5 Å². The molecule has 0 saturated heterocycles. The van der Waals surface area contributed by atoms with E-state index in [1.54, 1.807) is 0 Å². The zero-order valence-electron chi connectivity index (χ0n) is 7.51. The highest BCUT2D eigenvalue weighted by atomic mass is 16.4. The maximum Gasteiger partial charge on any atom is 0.346 e. The van der Waals surface area contributed by atoms with Crippen molar-refractivity contribution in [2.24, 2.45) is 0 Å². The molecular formula is C10H7NO4. The highest BCUT2D eigenvalue weighted by Gasteiger charge is 2.06. The number of aliphatic carboxylic acids is 1. The Morgan fingerprint density at radius 3 is 2.47 bits per heavy atom. The molecule has 0 saturated carbocycles. The number of benzene rings is 1. The summed E-state index contributed by atoms with van der Waals surface area (Å²) in [6.07, 6.45) is 1.10. The molecule has 0 radical (unpaired) electrons. The van der Waals surface area contributed by atoms with Gasteiger partial charge in [-0.3, -0.25) is 0 Å². The maximum atomic E-state index is 10.5. The fourth-order valence-electron chi connectivity index (χ4n) is 0.939. The molecular weight excluding hydrogens is 198 g/mol. The summed E-state index contributed by atoms with van der Waals surface area (Å²) in [6.45, 7) is 0. The number of nitrogens with zero attached hydrogens (tertiary/aromatic N) is 1. The topological polar surface area (TPSA) is 102 Å². The first-order valence-electron chi connectivity index (χ1n) is 3.91. The number of aromatic hydroxyl groups is 2. The summed E-state index contributed by atoms with van der Waals surface area (Å²) < 4.78 is 0. The van der Waals surface area contributed by atoms with E-state index in [0.29, 0.717) is 5.56 Å². The normalized spacial score (nSPS) is 10.7. The molecule has 0 aromatic heterocycles. The van der Waals surface area contributed by atoms with E-state index >= 15 is 0 Å². The van der Waals surface area contributed by atoms with Crippen molar-refractivity contribution in [1.29, 1.82) is 5.26 Å². The van der Waals surface area contributed by atoms with Gasteiger partial charge < -0.3 is 15.3 Å². The molecule has 0 unspecified atom stereocenters. The smallest absolute Gasteiger partial charge is 0.346 e. The standard InChI is InChI=1S/C10H7NO4/c11-5-7(10(14)15)3-6-1-2-8(12)9(13)4-6/h1-4,12-13H,(H,14,15)/b7-3-. The summed E-state index contributed by atoms with van der Waals surface area (Å²) in [6, 6.07) is 5.25. The van der Waals surface area contributed by atoms with Crippen LogP contribution in [0.2, 0.25) is 0 Å². The van der Waals surface area contributed by atoms with Gasteiger partial charge in [-0.25, -0.2) is 4.79 Å². The number of carboxylic acid groups (broad SMARTS) is 1. The van der Waals surface area contributed by atoms with Gasteiger partial charge in [0.1, 0.15) is 11.6 Å². The summed E-state index contributed by atoms with van der Waals surface area (Å²) in [5, 5.41) is 35.1. The SMILES string of the molecule is N#C/C(=C/c1ccc(O)c(O)c1)C(=O)O. The van der Waals surface area contributed by atoms with Gasteiger partial charge in [0.25, 0.3) is 0 Å². The van der Waals surface area contributed by atoms with Crippen LogP contribution in [0.4, 0.5) is 0 Å². The summed E-state index contributed by atoms with van der Waals surface area (Å²) in [5.74, 6) is -2.02. The lowest BCUT2D eigenvalue weighted by molar-refractivity contribution is -0.132. The number of nitriles is 1. The van der Waals surface area contributed by atoms with Crippen LogP contribution >= 0.6 is 0 Å². The molecule has 0 heterocycles. The third kappa shape index (κ3) is 2.48. The van der Waals surface area contributed by atoms with Gasteiger partial charge in [-0.15, -0.1) is 0 Å². The number of phenols is 2. The molecule has 5 nitrogen and oxygen atoms in total. The Morgan fingerprint density at radius 1 is 1.33 bits per heavy atom. The minimum Gasteiger partial charge on any atom is -0.504 e. The molecule has 1 rings (SSSR count). The number of carboxylic acids is 1. The zero-order valence-corrected chi connectivity index (χ0v) is 7.51. The average Bonchev–Trinajstić information content (AvgIpc) is 2.19. The molecule has 1 aromatic carbocycles. The first kappa shape index (κ1) is 10.6. The van der Waals surface area contributed by atoms with Crippen LogP contribution in [0.15, 0.2) is 23.8 Å². The van der Waals surface area contributed by atoms with Gasteiger partial charge in [0.2, 0.25) is 0 Å². The largest absolute Gasteiger partial charge is 0.504 e. The summed E-state index contributed by atoms with van der Waals surface area (Å²) in [7, 11) is 0. The number of hydrogen-bond acceptors (Lipinski definition) is 4. The minimum atomic E-state index is -1.34. The highest BCUT2D eigenvalue weighted by Crippen LogP contribution is 2.25. The molecule has 15 heavy (non-hydrogen) atoms. The number of carbonyl (C=O) groups is 1. The Bertz CT molecular complexity index is 471. The van der Waals surface area contributed by atoms with Crippen LogP contribution in [-0.4, -0.2) is 21.3 Å². The number of phenolic OH excluding ortho intramolecular Hbond substituents is 2. The van der Waals surface area contributed by atoms with Crippen molar-refractivity contribution in [2.45, 2.75) is 0 Å². The molecule has 0 atom stereocenters. The Balaban J connectivity index is 3.14. The average molecular weight is 205 g/mol. The fourth-order valence-corrected chi connectivity index (χ4v) is 0.939. The second-order valence-electron chi connectivity index (χ2n) is 2.72. The molecule has 0 aliphatic rings. The van der Waals surface area contributed by atoms with E-state index in [2.05, 4.69) is 0 Å². The van der Waals surface area contributed by atoms with Crippen LogP contribution in [0.1, 0.15) is 5.56 Å². The molecule has 5 heteroatoms. The lowest BCUT2D eigenvalue weighted by Gasteiger charge is -1.98. The minimum absolute atomic E-state index is 0.305. The molecule has 1 aromatic rings. The Hall–Kier alpha value is -2.48. The quantitative estimate of drug-likeness (QED) is 0.381. The van der Waals surface area contributed by atoms with Gasteiger partial charge in [0.15, 0.2) is 11.5 Å². The van der Waals surface area contributed by atoms with Crippen LogP contribution < -0.4 is 0 Å². The van der Waals surface area contributed by atoms with E-state index in [1.807, 2.05) is 0 Å². The van der Waals surface area contributed by atoms with Gasteiger partial charge in [-0.05, 0) is 23.8 Å². The van der Waals surface area contributed by atoms with Crippen molar-refractivity contribution in [3.8, 4) is 17.6 Å². The molecule has 0 spiro atoms. The molecule has 3 N–H and O–H groups in total. The van der Waals surface area contributed by atoms with Gasteiger partial charge in [0.05, 0.1) is 0 Å². The highest BCUT2D eigenvalue weighted by molar-refractivity contribution is 5.96. The first-order valence-corrected chi connectivity index (χ1v) is 3.91. The van der Waals surface area contributed by atoms with Crippen molar-refractivity contribution in [3.63, 3.8) is 0 Å². The monoisotopic (exact) mass is 205 g/mol. The summed E-state index contributed by atoms with van der Waals surface area (Å²) in [5.41, 5.74) is -0.121. The van der Waals surface area contributed by atoms with Crippen molar-refractivity contribution >= 4 is 12.0 Å². The van der Waals surface area contributed by atoms with Gasteiger partial charge in [-0.2, -0.15) is 5.26 Å². The maximum absolute atomic E-state index is 10.5. The predicted octanol–water partition coefficient (Wildman–Crippen LogP) is 1.09. The second-order valence-corrected chi connectivity index (χ2v) is 2.72. The van der Waals surface area contributed by atoms with Gasteiger partial charge >= 0.3 is 5.97 Å². The predicted molar refractivity (Wildman–Crippen MR) is 51.0 cm³/mol. The first-order chi connectivity index (χ1) is 7.04. The van der Waals surface area contributed by atoms with Crippen LogP contribution in [0, 0.1) is 11.3 Å². The van der Waals surface area contributed by atoms with Crippen molar-refractivity contribution in [3.05, 3.63) is 29.3 Å². The Labute approximate surface area is 85.1 Å². The van der Waals surface area contributed by atoms with Crippen LogP contribution in [0.5, 0.6) is 11.5 Å². The van der Waals surface area contributed by atoms with E-state index in [9.17, 15) is 4.79 Å². The van der Waals surface area contributed by atoms with Crippen molar-refractivity contribution < 1.29 is 20.1 Å². The van der Waals surface area contributed by atoms with E-state index in [1.165, 1.54) is 18.2 Å². The lowest BCUT2D eigenvalue weighted by Crippen LogP contribution is -1.97. The molecule has 0 bridgehead atoms. The summed E-state index contributed by atoms with van der Waals surface area (Å²) in [4.78, 5) is 10.5. The molecule has 0 amide bonds. The van der Waals surface area contributed by atoms with Crippen molar-refractivity contribution in [1.82, 2.24) is 0 Å². The van der Waals surface area contributed by atoms with E-state index in [-0.39, 0.29) is 11.5 Å².